The van der Waals surface area contributed by atoms with Crippen LogP contribution < -0.4 is 0 Å². The number of ether oxygens (including phenoxy) is 1. The average molecular weight is 321 g/mol. The summed E-state index contributed by atoms with van der Waals surface area (Å²) < 4.78 is 29.4. The Hall–Kier alpha value is -1.11. The highest BCUT2D eigenvalue weighted by atomic mass is 35.5. The Kier molecular flexibility index (Phi) is 5.98. The van der Waals surface area contributed by atoms with Gasteiger partial charge in [-0.15, -0.1) is 0 Å². The molecule has 0 bridgehead atoms. The first-order chi connectivity index (χ1) is 9.29. The molecule has 0 atom stereocenters. The highest BCUT2D eigenvalue weighted by Gasteiger charge is 2.21. The number of rotatable bonds is 7. The molecular formula is C13H17ClO5S. The topological polar surface area (TPSA) is 80.7 Å². The molecule has 112 valence electrons. The summed E-state index contributed by atoms with van der Waals surface area (Å²) in [6.45, 7) is 1.96. The van der Waals surface area contributed by atoms with Crippen LogP contribution in [0.15, 0.2) is 17.0 Å². The molecule has 0 saturated heterocycles. The van der Waals surface area contributed by atoms with E-state index in [4.69, 9.17) is 21.4 Å². The number of aromatic carboxylic acids is 1. The van der Waals surface area contributed by atoms with Crippen molar-refractivity contribution in [3.63, 3.8) is 0 Å². The Morgan fingerprint density at radius 2 is 2.00 bits per heavy atom. The molecular weight excluding hydrogens is 304 g/mol. The molecule has 0 aliphatic heterocycles. The van der Waals surface area contributed by atoms with Crippen molar-refractivity contribution in [3.05, 3.63) is 28.3 Å². The monoisotopic (exact) mass is 320 g/mol. The average Bonchev–Trinajstić information content (AvgIpc) is 2.36. The highest BCUT2D eigenvalue weighted by molar-refractivity contribution is 7.91. The van der Waals surface area contributed by atoms with Gasteiger partial charge in [0.25, 0.3) is 0 Å². The SMILES string of the molecule is COCCCCS(=O)(=O)c1cc(Cl)cc(C(=O)O)c1C. The molecule has 1 N–H and O–H groups in total. The molecule has 1 rings (SSSR count). The molecule has 0 aliphatic rings. The molecule has 5 nitrogen and oxygen atoms in total. The lowest BCUT2D eigenvalue weighted by Crippen LogP contribution is -2.12. The van der Waals surface area contributed by atoms with Gasteiger partial charge in [-0.1, -0.05) is 11.6 Å². The zero-order chi connectivity index (χ0) is 15.3. The normalized spacial score (nSPS) is 11.6. The van der Waals surface area contributed by atoms with Crippen LogP contribution in [0.25, 0.3) is 0 Å². The van der Waals surface area contributed by atoms with Crippen LogP contribution in [0.2, 0.25) is 5.02 Å². The Labute approximate surface area is 123 Å². The van der Waals surface area contributed by atoms with E-state index in [0.29, 0.717) is 19.4 Å². The van der Waals surface area contributed by atoms with Crippen molar-refractivity contribution in [1.82, 2.24) is 0 Å². The number of sulfone groups is 1. The van der Waals surface area contributed by atoms with E-state index in [1.54, 1.807) is 7.11 Å². The van der Waals surface area contributed by atoms with Crippen LogP contribution in [0.4, 0.5) is 0 Å². The fraction of sp³-hybridized carbons (Fsp3) is 0.462. The molecule has 0 radical (unpaired) electrons. The number of hydrogen-bond donors (Lipinski definition) is 1. The van der Waals surface area contributed by atoms with Gasteiger partial charge in [0.2, 0.25) is 0 Å². The van der Waals surface area contributed by atoms with E-state index in [-0.39, 0.29) is 26.8 Å². The van der Waals surface area contributed by atoms with E-state index in [9.17, 15) is 13.2 Å². The van der Waals surface area contributed by atoms with E-state index < -0.39 is 15.8 Å². The Morgan fingerprint density at radius 3 is 2.55 bits per heavy atom. The standard InChI is InChI=1S/C13H17ClO5S/c1-9-11(13(15)16)7-10(14)8-12(9)20(17,18)6-4-3-5-19-2/h7-8H,3-6H2,1-2H3,(H,15,16). The molecule has 0 heterocycles. The molecule has 0 aliphatic carbocycles. The van der Waals surface area contributed by atoms with Gasteiger partial charge >= 0.3 is 5.97 Å². The molecule has 0 saturated carbocycles. The number of carboxylic acids is 1. The van der Waals surface area contributed by atoms with Crippen LogP contribution in [0, 0.1) is 6.92 Å². The molecule has 7 heteroatoms. The summed E-state index contributed by atoms with van der Waals surface area (Å²) in [5.41, 5.74) is 0.126. The lowest BCUT2D eigenvalue weighted by Gasteiger charge is -2.11. The van der Waals surface area contributed by atoms with Crippen LogP contribution in [-0.2, 0) is 14.6 Å². The first-order valence-corrected chi connectivity index (χ1v) is 8.07. The molecule has 0 spiro atoms. The van der Waals surface area contributed by atoms with Gasteiger partial charge in [0.15, 0.2) is 9.84 Å². The fourth-order valence-corrected chi connectivity index (χ4v) is 3.82. The quantitative estimate of drug-likeness (QED) is 0.781. The molecule has 1 aromatic rings. The fourth-order valence-electron chi connectivity index (χ4n) is 1.85. The molecule has 1 aromatic carbocycles. The minimum atomic E-state index is -3.55. The highest BCUT2D eigenvalue weighted by Crippen LogP contribution is 2.26. The minimum Gasteiger partial charge on any atom is -0.478 e. The van der Waals surface area contributed by atoms with Crippen LogP contribution in [-0.4, -0.2) is 39.0 Å². The van der Waals surface area contributed by atoms with Crippen molar-refractivity contribution >= 4 is 27.4 Å². The van der Waals surface area contributed by atoms with Gasteiger partial charge in [-0.05, 0) is 37.5 Å². The number of hydrogen-bond acceptors (Lipinski definition) is 4. The molecule has 20 heavy (non-hydrogen) atoms. The number of benzene rings is 1. The Balaban J connectivity index is 3.09. The van der Waals surface area contributed by atoms with Gasteiger partial charge in [-0.3, -0.25) is 0 Å². The van der Waals surface area contributed by atoms with Crippen LogP contribution in [0.5, 0.6) is 0 Å². The van der Waals surface area contributed by atoms with Crippen molar-refractivity contribution in [1.29, 1.82) is 0 Å². The molecule has 0 amide bonds. The lowest BCUT2D eigenvalue weighted by atomic mass is 10.1. The Bertz CT molecular complexity index is 595. The largest absolute Gasteiger partial charge is 0.478 e. The lowest BCUT2D eigenvalue weighted by molar-refractivity contribution is 0.0696. The van der Waals surface area contributed by atoms with Crippen molar-refractivity contribution in [2.24, 2.45) is 0 Å². The van der Waals surface area contributed by atoms with E-state index in [1.807, 2.05) is 0 Å². The van der Waals surface area contributed by atoms with Gasteiger partial charge in [0, 0.05) is 18.7 Å². The van der Waals surface area contributed by atoms with Gasteiger partial charge in [-0.2, -0.15) is 0 Å². The smallest absolute Gasteiger partial charge is 0.336 e. The molecule has 0 aromatic heterocycles. The first kappa shape index (κ1) is 16.9. The summed E-state index contributed by atoms with van der Waals surface area (Å²) in [6.07, 6.45) is 1.08. The number of methoxy groups -OCH3 is 1. The van der Waals surface area contributed by atoms with Gasteiger partial charge < -0.3 is 9.84 Å². The summed E-state index contributed by atoms with van der Waals surface area (Å²) in [7, 11) is -2.00. The van der Waals surface area contributed by atoms with E-state index in [1.165, 1.54) is 19.1 Å². The number of carbonyl (C=O) groups is 1. The number of unbranched alkanes of at least 4 members (excludes halogenated alkanes) is 1. The Morgan fingerprint density at radius 1 is 1.35 bits per heavy atom. The summed E-state index contributed by atoms with van der Waals surface area (Å²) in [6, 6.07) is 2.55. The van der Waals surface area contributed by atoms with Crippen molar-refractivity contribution in [2.45, 2.75) is 24.7 Å². The third-order valence-electron chi connectivity index (χ3n) is 2.90. The van der Waals surface area contributed by atoms with Crippen LogP contribution in [0.3, 0.4) is 0 Å². The third-order valence-corrected chi connectivity index (χ3v) is 5.04. The van der Waals surface area contributed by atoms with Gasteiger partial charge in [0.05, 0.1) is 16.2 Å². The predicted molar refractivity (Wildman–Crippen MR) is 76.3 cm³/mol. The summed E-state index contributed by atoms with van der Waals surface area (Å²) >= 11 is 5.81. The first-order valence-electron chi connectivity index (χ1n) is 6.04. The summed E-state index contributed by atoms with van der Waals surface area (Å²) in [5, 5.41) is 9.16. The summed E-state index contributed by atoms with van der Waals surface area (Å²) in [4.78, 5) is 11.1. The second-order valence-corrected chi connectivity index (χ2v) is 6.91. The minimum absolute atomic E-state index is 0.0141. The maximum atomic E-state index is 12.3. The van der Waals surface area contributed by atoms with Crippen LogP contribution >= 0.6 is 11.6 Å². The molecule has 0 fully saturated rings. The third kappa shape index (κ3) is 4.19. The number of halogens is 1. The molecule has 0 unspecified atom stereocenters. The number of carboxylic acid groups (broad SMARTS) is 1. The van der Waals surface area contributed by atoms with Gasteiger partial charge in [-0.25, -0.2) is 13.2 Å². The zero-order valence-electron chi connectivity index (χ0n) is 11.3. The maximum absolute atomic E-state index is 12.3. The second-order valence-electron chi connectivity index (χ2n) is 4.40. The zero-order valence-corrected chi connectivity index (χ0v) is 12.9. The van der Waals surface area contributed by atoms with E-state index in [2.05, 4.69) is 0 Å². The van der Waals surface area contributed by atoms with Gasteiger partial charge in [0.1, 0.15) is 0 Å². The van der Waals surface area contributed by atoms with E-state index >= 15 is 0 Å². The maximum Gasteiger partial charge on any atom is 0.336 e. The predicted octanol–water partition coefficient (Wildman–Crippen LogP) is 2.55. The van der Waals surface area contributed by atoms with Crippen LogP contribution in [0.1, 0.15) is 28.8 Å². The van der Waals surface area contributed by atoms with Crippen molar-refractivity contribution in [3.8, 4) is 0 Å². The van der Waals surface area contributed by atoms with Crippen molar-refractivity contribution < 1.29 is 23.1 Å². The summed E-state index contributed by atoms with van der Waals surface area (Å²) in [5.74, 6) is -1.25. The second kappa shape index (κ2) is 7.06. The van der Waals surface area contributed by atoms with Crippen molar-refractivity contribution in [2.75, 3.05) is 19.5 Å². The van der Waals surface area contributed by atoms with E-state index in [0.717, 1.165) is 0 Å².